The molecule has 100 valence electrons. The first-order chi connectivity index (χ1) is 9.15. The molecule has 2 rings (SSSR count). The molecule has 19 heavy (non-hydrogen) atoms. The van der Waals surface area contributed by atoms with Crippen LogP contribution in [0.1, 0.15) is 10.4 Å². The van der Waals surface area contributed by atoms with E-state index in [1.165, 1.54) is 30.2 Å². The molecule has 0 bridgehead atoms. The Kier molecular flexibility index (Phi) is 3.97. The number of nitriles is 1. The smallest absolute Gasteiger partial charge is 0.254 e. The van der Waals surface area contributed by atoms with E-state index in [4.69, 9.17) is 14.7 Å². The molecule has 1 heterocycles. The van der Waals surface area contributed by atoms with E-state index in [0.29, 0.717) is 18.7 Å². The van der Waals surface area contributed by atoms with Gasteiger partial charge in [0.05, 0.1) is 26.3 Å². The van der Waals surface area contributed by atoms with Crippen molar-refractivity contribution in [3.05, 3.63) is 29.6 Å². The van der Waals surface area contributed by atoms with Crippen molar-refractivity contribution in [3.63, 3.8) is 0 Å². The minimum Gasteiger partial charge on any atom is -0.494 e. The van der Waals surface area contributed by atoms with Crippen LogP contribution in [-0.4, -0.2) is 43.7 Å². The second kappa shape index (κ2) is 5.67. The van der Waals surface area contributed by atoms with Crippen LogP contribution in [0.5, 0.6) is 5.75 Å². The number of morpholine rings is 1. The molecular formula is C13H13FN2O3. The van der Waals surface area contributed by atoms with Gasteiger partial charge in [-0.1, -0.05) is 0 Å². The van der Waals surface area contributed by atoms with Gasteiger partial charge in [-0.15, -0.1) is 0 Å². The standard InChI is InChI=1S/C13H13FN2O3/c1-18-12-6-9(2-3-11(12)14)13(17)16-4-5-19-10(7-15)8-16/h2-3,6,10H,4-5,8H2,1H3. The molecule has 0 saturated carbocycles. The maximum atomic E-state index is 13.3. The molecule has 1 aromatic rings. The molecule has 1 aliphatic rings. The van der Waals surface area contributed by atoms with Crippen LogP contribution in [0.15, 0.2) is 18.2 Å². The summed E-state index contributed by atoms with van der Waals surface area (Å²) in [4.78, 5) is 13.7. The first-order valence-electron chi connectivity index (χ1n) is 5.79. The Hall–Kier alpha value is -2.13. The minimum atomic E-state index is -0.611. The first kappa shape index (κ1) is 13.3. The summed E-state index contributed by atoms with van der Waals surface area (Å²) < 4.78 is 23.3. The number of carbonyl (C=O) groups is 1. The van der Waals surface area contributed by atoms with E-state index in [9.17, 15) is 9.18 Å². The molecule has 1 aliphatic heterocycles. The van der Waals surface area contributed by atoms with Gasteiger partial charge in [0.15, 0.2) is 17.7 Å². The van der Waals surface area contributed by atoms with Crippen molar-refractivity contribution in [2.75, 3.05) is 26.8 Å². The molecule has 1 fully saturated rings. The summed E-state index contributed by atoms with van der Waals surface area (Å²) in [6.45, 7) is 0.952. The van der Waals surface area contributed by atoms with Crippen LogP contribution in [0.3, 0.4) is 0 Å². The highest BCUT2D eigenvalue weighted by Crippen LogP contribution is 2.20. The molecule has 1 aromatic carbocycles. The fourth-order valence-electron chi connectivity index (χ4n) is 1.89. The maximum absolute atomic E-state index is 13.3. The molecule has 0 N–H and O–H groups in total. The molecule has 1 unspecified atom stereocenters. The Morgan fingerprint density at radius 1 is 1.63 bits per heavy atom. The Balaban J connectivity index is 2.17. The van der Waals surface area contributed by atoms with Gasteiger partial charge in [-0.05, 0) is 18.2 Å². The Morgan fingerprint density at radius 2 is 2.42 bits per heavy atom. The first-order valence-corrected chi connectivity index (χ1v) is 5.79. The number of carbonyl (C=O) groups excluding carboxylic acids is 1. The molecule has 1 amide bonds. The van der Waals surface area contributed by atoms with Gasteiger partial charge in [-0.3, -0.25) is 4.79 Å². The van der Waals surface area contributed by atoms with E-state index >= 15 is 0 Å². The second-order valence-electron chi connectivity index (χ2n) is 4.09. The van der Waals surface area contributed by atoms with Gasteiger partial charge in [0.2, 0.25) is 0 Å². The topological polar surface area (TPSA) is 62.6 Å². The van der Waals surface area contributed by atoms with Gasteiger partial charge in [-0.2, -0.15) is 5.26 Å². The van der Waals surface area contributed by atoms with Crippen molar-refractivity contribution in [2.45, 2.75) is 6.10 Å². The largest absolute Gasteiger partial charge is 0.494 e. The predicted molar refractivity (Wildman–Crippen MR) is 64.2 cm³/mol. The molecular weight excluding hydrogens is 251 g/mol. The van der Waals surface area contributed by atoms with Gasteiger partial charge in [0.25, 0.3) is 5.91 Å². The van der Waals surface area contributed by atoms with Crippen LogP contribution >= 0.6 is 0 Å². The molecule has 0 radical (unpaired) electrons. The zero-order valence-corrected chi connectivity index (χ0v) is 10.4. The van der Waals surface area contributed by atoms with Crippen molar-refractivity contribution in [3.8, 4) is 11.8 Å². The van der Waals surface area contributed by atoms with E-state index < -0.39 is 11.9 Å². The van der Waals surface area contributed by atoms with E-state index in [-0.39, 0.29) is 18.2 Å². The second-order valence-corrected chi connectivity index (χ2v) is 4.09. The highest BCUT2D eigenvalue weighted by molar-refractivity contribution is 5.94. The van der Waals surface area contributed by atoms with Crippen molar-refractivity contribution in [1.82, 2.24) is 4.90 Å². The highest BCUT2D eigenvalue weighted by atomic mass is 19.1. The zero-order chi connectivity index (χ0) is 13.8. The number of nitrogens with zero attached hydrogens (tertiary/aromatic N) is 2. The Labute approximate surface area is 110 Å². The lowest BCUT2D eigenvalue weighted by Crippen LogP contribution is -2.45. The van der Waals surface area contributed by atoms with Crippen LogP contribution in [0.4, 0.5) is 4.39 Å². The van der Waals surface area contributed by atoms with Gasteiger partial charge in [0.1, 0.15) is 0 Å². The van der Waals surface area contributed by atoms with Gasteiger partial charge >= 0.3 is 0 Å². The number of ether oxygens (including phenoxy) is 2. The average molecular weight is 264 g/mol. The van der Waals surface area contributed by atoms with Crippen molar-refractivity contribution in [2.24, 2.45) is 0 Å². The average Bonchev–Trinajstić information content (AvgIpc) is 2.47. The molecule has 1 atom stereocenters. The molecule has 0 aliphatic carbocycles. The highest BCUT2D eigenvalue weighted by Gasteiger charge is 2.25. The van der Waals surface area contributed by atoms with Crippen molar-refractivity contribution in [1.29, 1.82) is 5.26 Å². The fourth-order valence-corrected chi connectivity index (χ4v) is 1.89. The summed E-state index contributed by atoms with van der Waals surface area (Å²) in [6.07, 6.45) is -0.611. The minimum absolute atomic E-state index is 0.0240. The van der Waals surface area contributed by atoms with Crippen molar-refractivity contribution < 1.29 is 18.7 Å². The Morgan fingerprint density at radius 3 is 3.11 bits per heavy atom. The van der Waals surface area contributed by atoms with E-state index in [1.54, 1.807) is 0 Å². The third-order valence-electron chi connectivity index (χ3n) is 2.90. The summed E-state index contributed by atoms with van der Waals surface area (Å²) >= 11 is 0. The summed E-state index contributed by atoms with van der Waals surface area (Å²) in [5.74, 6) is -0.756. The van der Waals surface area contributed by atoms with Gasteiger partial charge < -0.3 is 14.4 Å². The van der Waals surface area contributed by atoms with Crippen molar-refractivity contribution >= 4 is 5.91 Å². The number of hydrogen-bond donors (Lipinski definition) is 0. The molecule has 0 spiro atoms. The summed E-state index contributed by atoms with van der Waals surface area (Å²) in [5, 5.41) is 8.80. The van der Waals surface area contributed by atoms with Crippen LogP contribution < -0.4 is 4.74 Å². The Bertz CT molecular complexity index is 527. The number of methoxy groups -OCH3 is 1. The molecule has 0 aromatic heterocycles. The monoisotopic (exact) mass is 264 g/mol. The summed E-state index contributed by atoms with van der Waals surface area (Å²) in [5.41, 5.74) is 0.330. The number of halogens is 1. The fraction of sp³-hybridized carbons (Fsp3) is 0.385. The summed E-state index contributed by atoms with van der Waals surface area (Å²) in [7, 11) is 1.34. The van der Waals surface area contributed by atoms with Gasteiger partial charge in [0, 0.05) is 12.1 Å². The summed E-state index contributed by atoms with van der Waals surface area (Å²) in [6, 6.07) is 5.92. The lowest BCUT2D eigenvalue weighted by Gasteiger charge is -2.29. The lowest BCUT2D eigenvalue weighted by atomic mass is 10.1. The third-order valence-corrected chi connectivity index (χ3v) is 2.90. The SMILES string of the molecule is COc1cc(C(=O)N2CCOC(C#N)C2)ccc1F. The number of hydrogen-bond acceptors (Lipinski definition) is 4. The molecule has 5 nitrogen and oxygen atoms in total. The number of rotatable bonds is 2. The third kappa shape index (κ3) is 2.83. The molecule has 6 heteroatoms. The van der Waals surface area contributed by atoms with E-state index in [0.717, 1.165) is 0 Å². The molecule has 1 saturated heterocycles. The van der Waals surface area contributed by atoms with Crippen LogP contribution in [0, 0.1) is 17.1 Å². The van der Waals surface area contributed by atoms with Crippen LogP contribution in [-0.2, 0) is 4.74 Å². The van der Waals surface area contributed by atoms with Crippen LogP contribution in [0.25, 0.3) is 0 Å². The number of amides is 1. The van der Waals surface area contributed by atoms with Gasteiger partial charge in [-0.25, -0.2) is 4.39 Å². The normalized spacial score (nSPS) is 18.8. The predicted octanol–water partition coefficient (Wildman–Crippen LogP) is 1.20. The number of benzene rings is 1. The maximum Gasteiger partial charge on any atom is 0.254 e. The zero-order valence-electron chi connectivity index (χ0n) is 10.4. The van der Waals surface area contributed by atoms with E-state index in [2.05, 4.69) is 0 Å². The van der Waals surface area contributed by atoms with E-state index in [1.807, 2.05) is 6.07 Å². The van der Waals surface area contributed by atoms with Crippen LogP contribution in [0.2, 0.25) is 0 Å². The quantitative estimate of drug-likeness (QED) is 0.805. The lowest BCUT2D eigenvalue weighted by molar-refractivity contribution is 0.00345.